The third-order valence-corrected chi connectivity index (χ3v) is 4.11. The molecule has 0 radical (unpaired) electrons. The molecule has 1 unspecified atom stereocenters. The Morgan fingerprint density at radius 2 is 1.96 bits per heavy atom. The number of carbonyl (C=O) groups excluding carboxylic acids is 1. The highest BCUT2D eigenvalue weighted by molar-refractivity contribution is 5.94. The van der Waals surface area contributed by atoms with Gasteiger partial charge in [-0.15, -0.1) is 0 Å². The summed E-state index contributed by atoms with van der Waals surface area (Å²) < 4.78 is 16.2. The summed E-state index contributed by atoms with van der Waals surface area (Å²) in [5.74, 6) is 1.06. The lowest BCUT2D eigenvalue weighted by Gasteiger charge is -2.28. The number of aliphatic hydroxyl groups excluding tert-OH is 1. The number of aliphatic hydroxyl groups is 1. The van der Waals surface area contributed by atoms with Crippen molar-refractivity contribution >= 4 is 5.78 Å². The van der Waals surface area contributed by atoms with Gasteiger partial charge in [-0.05, 0) is 48.1 Å². The first-order chi connectivity index (χ1) is 11.5. The second-order valence-corrected chi connectivity index (χ2v) is 6.39. The molecule has 5 nitrogen and oxygen atoms in total. The quantitative estimate of drug-likeness (QED) is 0.792. The first-order valence-electron chi connectivity index (χ1n) is 8.26. The molecule has 1 N–H and O–H groups in total. The molecule has 1 aliphatic rings. The Balaban J connectivity index is 1.73. The molecule has 0 bridgehead atoms. The molecule has 5 heteroatoms. The first kappa shape index (κ1) is 18.6. The number of carbonyl (C=O) groups is 1. The lowest BCUT2D eigenvalue weighted by atomic mass is 9.90. The Morgan fingerprint density at radius 1 is 1.25 bits per heavy atom. The maximum Gasteiger partial charge on any atom is 0.184 e. The third-order valence-electron chi connectivity index (χ3n) is 4.11. The maximum absolute atomic E-state index is 11.8. The van der Waals surface area contributed by atoms with Crippen LogP contribution in [0, 0.1) is 11.8 Å². The van der Waals surface area contributed by atoms with Crippen LogP contribution in [0.3, 0.4) is 0 Å². The van der Waals surface area contributed by atoms with Gasteiger partial charge in [0.2, 0.25) is 0 Å². The molecule has 0 saturated heterocycles. The van der Waals surface area contributed by atoms with Crippen molar-refractivity contribution < 1.29 is 24.1 Å². The molecule has 1 heterocycles. The summed E-state index contributed by atoms with van der Waals surface area (Å²) in [5.41, 5.74) is 1.09. The Bertz CT molecular complexity index is 551. The number of benzene rings is 1. The summed E-state index contributed by atoms with van der Waals surface area (Å²) in [6.07, 6.45) is 2.00. The van der Waals surface area contributed by atoms with Gasteiger partial charge < -0.3 is 19.3 Å². The van der Waals surface area contributed by atoms with Crippen molar-refractivity contribution in [1.29, 1.82) is 0 Å². The Kier molecular flexibility index (Phi) is 6.97. The lowest BCUT2D eigenvalue weighted by molar-refractivity contribution is -0.156. The molecule has 0 amide bonds. The van der Waals surface area contributed by atoms with Gasteiger partial charge in [-0.3, -0.25) is 4.79 Å². The highest BCUT2D eigenvalue weighted by Crippen LogP contribution is 2.23. The largest absolute Gasteiger partial charge is 0.497 e. The van der Waals surface area contributed by atoms with Crippen LogP contribution in [0.2, 0.25) is 0 Å². The average Bonchev–Trinajstić information content (AvgIpc) is 2.57. The fraction of sp³-hybridized carbons (Fsp3) is 0.526. The van der Waals surface area contributed by atoms with Crippen LogP contribution in [0.15, 0.2) is 36.4 Å². The molecule has 0 fully saturated rings. The van der Waals surface area contributed by atoms with Crippen LogP contribution in [-0.2, 0) is 20.9 Å². The van der Waals surface area contributed by atoms with Gasteiger partial charge in [0, 0.05) is 6.61 Å². The van der Waals surface area contributed by atoms with Crippen molar-refractivity contribution in [1.82, 2.24) is 0 Å². The normalized spacial score (nSPS) is 23.1. The van der Waals surface area contributed by atoms with Crippen LogP contribution in [-0.4, -0.2) is 37.0 Å². The van der Waals surface area contributed by atoms with Gasteiger partial charge in [-0.25, -0.2) is 0 Å². The predicted molar refractivity (Wildman–Crippen MR) is 90.6 cm³/mol. The van der Waals surface area contributed by atoms with E-state index in [0.29, 0.717) is 13.2 Å². The fourth-order valence-corrected chi connectivity index (χ4v) is 2.88. The van der Waals surface area contributed by atoms with E-state index in [9.17, 15) is 9.90 Å². The molecule has 1 aromatic rings. The van der Waals surface area contributed by atoms with E-state index in [1.54, 1.807) is 7.11 Å². The van der Waals surface area contributed by atoms with Crippen molar-refractivity contribution in [3.63, 3.8) is 0 Å². The molecule has 4 atom stereocenters. The molecule has 0 aromatic heterocycles. The number of rotatable bonds is 8. The second-order valence-electron chi connectivity index (χ2n) is 6.39. The molecule has 2 rings (SSSR count). The first-order valence-corrected chi connectivity index (χ1v) is 8.26. The van der Waals surface area contributed by atoms with E-state index < -0.39 is 12.4 Å². The number of hydrogen-bond acceptors (Lipinski definition) is 5. The fourth-order valence-electron chi connectivity index (χ4n) is 2.88. The highest BCUT2D eigenvalue weighted by Gasteiger charge is 2.30. The molecule has 0 spiro atoms. The van der Waals surface area contributed by atoms with Gasteiger partial charge in [0.1, 0.15) is 11.9 Å². The summed E-state index contributed by atoms with van der Waals surface area (Å²) in [4.78, 5) is 11.8. The monoisotopic (exact) mass is 334 g/mol. The number of ketones is 1. The van der Waals surface area contributed by atoms with Gasteiger partial charge in [-0.2, -0.15) is 0 Å². The molecule has 132 valence electrons. The number of hydrogen-bond donors (Lipinski definition) is 1. The molecule has 0 aliphatic carbocycles. The molecule has 0 saturated carbocycles. The predicted octanol–water partition coefficient (Wildman–Crippen LogP) is 2.72. The summed E-state index contributed by atoms with van der Waals surface area (Å²) >= 11 is 0. The summed E-state index contributed by atoms with van der Waals surface area (Å²) in [7, 11) is 1.64. The summed E-state index contributed by atoms with van der Waals surface area (Å²) in [6.45, 7) is 5.21. The smallest absolute Gasteiger partial charge is 0.184 e. The van der Waals surface area contributed by atoms with Crippen LogP contribution in [0.5, 0.6) is 5.75 Å². The van der Waals surface area contributed by atoms with Crippen molar-refractivity contribution in [3.05, 3.63) is 42.0 Å². The zero-order chi connectivity index (χ0) is 17.5. The van der Waals surface area contributed by atoms with Gasteiger partial charge in [0.15, 0.2) is 12.1 Å². The van der Waals surface area contributed by atoms with Gasteiger partial charge >= 0.3 is 0 Å². The van der Waals surface area contributed by atoms with Crippen molar-refractivity contribution in [2.75, 3.05) is 13.7 Å². The molecular formula is C19H26O5. The van der Waals surface area contributed by atoms with Crippen LogP contribution in [0.4, 0.5) is 0 Å². The molecule has 24 heavy (non-hydrogen) atoms. The Hall–Kier alpha value is -1.69. The van der Waals surface area contributed by atoms with Crippen LogP contribution >= 0.6 is 0 Å². The molecule has 1 aliphatic heterocycles. The zero-order valence-corrected chi connectivity index (χ0v) is 14.5. The topological polar surface area (TPSA) is 65.0 Å². The zero-order valence-electron chi connectivity index (χ0n) is 14.5. The number of methoxy groups -OCH3 is 1. The standard InChI is InChI=1S/C19H26O5/c1-13(10-14(2)19-17(20)8-9-18(21)24-19)11-23-12-15-4-6-16(22-3)7-5-15/h4-9,13-14,18-19,21H,10-12H2,1-3H3/t13-,14+,18?,19-/m1/s1. The van der Waals surface area contributed by atoms with E-state index in [-0.39, 0.29) is 17.6 Å². The van der Waals surface area contributed by atoms with E-state index in [0.717, 1.165) is 17.7 Å². The van der Waals surface area contributed by atoms with Crippen LogP contribution < -0.4 is 4.74 Å². The van der Waals surface area contributed by atoms with Gasteiger partial charge in [-0.1, -0.05) is 26.0 Å². The molecule has 1 aromatic carbocycles. The minimum Gasteiger partial charge on any atom is -0.497 e. The second kappa shape index (κ2) is 8.97. The van der Waals surface area contributed by atoms with E-state index in [1.807, 2.05) is 31.2 Å². The average molecular weight is 334 g/mol. The third kappa shape index (κ3) is 5.44. The van der Waals surface area contributed by atoms with Gasteiger partial charge in [0.05, 0.1) is 13.7 Å². The maximum atomic E-state index is 11.8. The highest BCUT2D eigenvalue weighted by atomic mass is 16.6. The SMILES string of the molecule is COc1ccc(COC[C@H](C)C[C@H](C)[C@H]2OC(O)C=CC2=O)cc1. The van der Waals surface area contributed by atoms with Crippen LogP contribution in [0.1, 0.15) is 25.8 Å². The van der Waals surface area contributed by atoms with Crippen LogP contribution in [0.25, 0.3) is 0 Å². The number of ether oxygens (including phenoxy) is 3. The van der Waals surface area contributed by atoms with Crippen molar-refractivity contribution in [2.45, 2.75) is 39.3 Å². The Morgan fingerprint density at radius 3 is 2.62 bits per heavy atom. The lowest BCUT2D eigenvalue weighted by Crippen LogP contribution is -2.37. The Labute approximate surface area is 143 Å². The van der Waals surface area contributed by atoms with E-state index in [1.165, 1.54) is 12.2 Å². The minimum absolute atomic E-state index is 0.0247. The van der Waals surface area contributed by atoms with Gasteiger partial charge in [0.25, 0.3) is 0 Å². The summed E-state index contributed by atoms with van der Waals surface area (Å²) in [6, 6.07) is 7.78. The van der Waals surface area contributed by atoms with Crippen molar-refractivity contribution in [2.24, 2.45) is 11.8 Å². The van der Waals surface area contributed by atoms with Crippen molar-refractivity contribution in [3.8, 4) is 5.75 Å². The van der Waals surface area contributed by atoms with E-state index >= 15 is 0 Å². The summed E-state index contributed by atoms with van der Waals surface area (Å²) in [5, 5.41) is 9.49. The van der Waals surface area contributed by atoms with E-state index in [4.69, 9.17) is 14.2 Å². The minimum atomic E-state index is -0.989. The molecular weight excluding hydrogens is 308 g/mol. The van der Waals surface area contributed by atoms with E-state index in [2.05, 4.69) is 6.92 Å².